The van der Waals surface area contributed by atoms with E-state index in [0.717, 1.165) is 53.1 Å². The van der Waals surface area contributed by atoms with Gasteiger partial charge in [0.15, 0.2) is 0 Å². The van der Waals surface area contributed by atoms with E-state index in [0.29, 0.717) is 5.75 Å². The summed E-state index contributed by atoms with van der Waals surface area (Å²) in [5, 5.41) is 13.8. The van der Waals surface area contributed by atoms with E-state index in [2.05, 4.69) is 32.4 Å². The van der Waals surface area contributed by atoms with Gasteiger partial charge in [0.1, 0.15) is 35.4 Å². The number of ether oxygens (including phenoxy) is 1. The minimum Gasteiger partial charge on any atom is -0.491 e. The SMILES string of the molecule is CC(=O)N(CC(O)COc1ccccc1)C1CCN(c2ncnc3scc(-c4ccccc4)c23)CC1. The zero-order valence-electron chi connectivity index (χ0n) is 20.3. The molecule has 2 aromatic carbocycles. The molecule has 3 heterocycles. The normalized spacial score (nSPS) is 15.1. The number of piperidine rings is 1. The molecular formula is C28H30N4O3S. The van der Waals surface area contributed by atoms with E-state index in [1.807, 2.05) is 48.5 Å². The van der Waals surface area contributed by atoms with Crippen LogP contribution in [0.3, 0.4) is 0 Å². The summed E-state index contributed by atoms with van der Waals surface area (Å²) in [6, 6.07) is 19.8. The number of aliphatic hydroxyl groups is 1. The summed E-state index contributed by atoms with van der Waals surface area (Å²) in [6.45, 7) is 3.53. The largest absolute Gasteiger partial charge is 0.491 e. The molecule has 1 aliphatic heterocycles. The Morgan fingerprint density at radius 3 is 2.50 bits per heavy atom. The Hall–Kier alpha value is -3.49. The Morgan fingerprint density at radius 1 is 1.11 bits per heavy atom. The maximum atomic E-state index is 12.5. The zero-order chi connectivity index (χ0) is 24.9. The number of fused-ring (bicyclic) bond motifs is 1. The van der Waals surface area contributed by atoms with Gasteiger partial charge in [0.2, 0.25) is 5.91 Å². The number of hydrogen-bond acceptors (Lipinski definition) is 7. The highest BCUT2D eigenvalue weighted by molar-refractivity contribution is 7.17. The molecule has 0 spiro atoms. The molecule has 186 valence electrons. The second-order valence-corrected chi connectivity index (χ2v) is 9.92. The van der Waals surface area contributed by atoms with E-state index in [1.165, 1.54) is 0 Å². The second-order valence-electron chi connectivity index (χ2n) is 9.06. The molecule has 8 heteroatoms. The van der Waals surface area contributed by atoms with Crippen LogP contribution >= 0.6 is 11.3 Å². The van der Waals surface area contributed by atoms with Gasteiger partial charge in [-0.05, 0) is 30.5 Å². The van der Waals surface area contributed by atoms with Gasteiger partial charge in [-0.15, -0.1) is 11.3 Å². The van der Waals surface area contributed by atoms with E-state index in [9.17, 15) is 9.90 Å². The summed E-state index contributed by atoms with van der Waals surface area (Å²) >= 11 is 1.64. The molecule has 1 aliphatic rings. The lowest BCUT2D eigenvalue weighted by atomic mass is 10.0. The van der Waals surface area contributed by atoms with E-state index >= 15 is 0 Å². The van der Waals surface area contributed by atoms with Gasteiger partial charge in [0.25, 0.3) is 0 Å². The molecule has 5 rings (SSSR count). The van der Waals surface area contributed by atoms with Crippen LogP contribution in [-0.2, 0) is 4.79 Å². The fourth-order valence-corrected chi connectivity index (χ4v) is 5.75. The standard InChI is InChI=1S/C28H30N4O3S/c1-20(33)32(16-23(34)17-35-24-10-6-3-7-11-24)22-12-14-31(15-13-22)27-26-25(21-8-4-2-5-9-21)18-36-28(26)30-19-29-27/h2-11,18-19,22-23,34H,12-17H2,1H3. The van der Waals surface area contributed by atoms with Gasteiger partial charge in [-0.2, -0.15) is 0 Å². The van der Waals surface area contributed by atoms with Crippen molar-refractivity contribution in [3.05, 3.63) is 72.4 Å². The first-order chi connectivity index (χ1) is 17.6. The van der Waals surface area contributed by atoms with Crippen molar-refractivity contribution in [3.63, 3.8) is 0 Å². The number of hydrogen-bond donors (Lipinski definition) is 1. The van der Waals surface area contributed by atoms with Crippen molar-refractivity contribution in [2.75, 3.05) is 31.1 Å². The Bertz CT molecular complexity index is 1290. The molecule has 1 fully saturated rings. The van der Waals surface area contributed by atoms with Crippen LogP contribution in [0.1, 0.15) is 19.8 Å². The number of carbonyl (C=O) groups is 1. The maximum Gasteiger partial charge on any atom is 0.219 e. The lowest BCUT2D eigenvalue weighted by molar-refractivity contribution is -0.133. The summed E-state index contributed by atoms with van der Waals surface area (Å²) in [5.41, 5.74) is 2.31. The molecule has 2 aromatic heterocycles. The van der Waals surface area contributed by atoms with Crippen molar-refractivity contribution in [2.45, 2.75) is 31.9 Å². The number of benzene rings is 2. The topological polar surface area (TPSA) is 78.8 Å². The van der Waals surface area contributed by atoms with Crippen LogP contribution < -0.4 is 9.64 Å². The second kappa shape index (κ2) is 11.1. The first-order valence-electron chi connectivity index (χ1n) is 12.3. The number of rotatable bonds is 8. The summed E-state index contributed by atoms with van der Waals surface area (Å²) in [6.07, 6.45) is 2.50. The van der Waals surface area contributed by atoms with Crippen molar-refractivity contribution in [1.82, 2.24) is 14.9 Å². The van der Waals surface area contributed by atoms with Crippen LogP contribution in [0, 0.1) is 0 Å². The van der Waals surface area contributed by atoms with Crippen LogP contribution in [0.4, 0.5) is 5.82 Å². The lowest BCUT2D eigenvalue weighted by Crippen LogP contribution is -2.50. The number of amides is 1. The molecule has 0 bridgehead atoms. The van der Waals surface area contributed by atoms with Gasteiger partial charge < -0.3 is 19.6 Å². The lowest BCUT2D eigenvalue weighted by Gasteiger charge is -2.39. The van der Waals surface area contributed by atoms with Crippen molar-refractivity contribution in [3.8, 4) is 16.9 Å². The average molecular weight is 503 g/mol. The maximum absolute atomic E-state index is 12.5. The molecular weight excluding hydrogens is 472 g/mol. The first kappa shape index (κ1) is 24.2. The number of para-hydroxylation sites is 1. The van der Waals surface area contributed by atoms with E-state index in [1.54, 1.807) is 29.5 Å². The van der Waals surface area contributed by atoms with Gasteiger partial charge in [-0.1, -0.05) is 48.5 Å². The third kappa shape index (κ3) is 5.34. The molecule has 1 atom stereocenters. The smallest absolute Gasteiger partial charge is 0.219 e. The minimum atomic E-state index is -0.757. The zero-order valence-corrected chi connectivity index (χ0v) is 21.1. The van der Waals surface area contributed by atoms with Crippen LogP contribution in [0.25, 0.3) is 21.3 Å². The number of nitrogens with zero attached hydrogens (tertiary/aromatic N) is 4. The molecule has 1 amide bonds. The fraction of sp³-hybridized carbons (Fsp3) is 0.321. The minimum absolute atomic E-state index is 0.0270. The van der Waals surface area contributed by atoms with Gasteiger partial charge >= 0.3 is 0 Å². The fourth-order valence-electron chi connectivity index (χ4n) is 4.84. The number of thiophene rings is 1. The summed E-state index contributed by atoms with van der Waals surface area (Å²) in [5.74, 6) is 1.63. The molecule has 7 nitrogen and oxygen atoms in total. The summed E-state index contributed by atoms with van der Waals surface area (Å²) < 4.78 is 5.68. The predicted octanol–water partition coefficient (Wildman–Crippen LogP) is 4.62. The first-order valence-corrected chi connectivity index (χ1v) is 13.1. The highest BCUT2D eigenvalue weighted by Crippen LogP contribution is 2.38. The number of carbonyl (C=O) groups excluding carboxylic acids is 1. The van der Waals surface area contributed by atoms with E-state index < -0.39 is 6.10 Å². The number of aliphatic hydroxyl groups excluding tert-OH is 1. The molecule has 0 radical (unpaired) electrons. The summed E-state index contributed by atoms with van der Waals surface area (Å²) in [4.78, 5) is 26.8. The van der Waals surface area contributed by atoms with Crippen molar-refractivity contribution >= 4 is 33.3 Å². The monoisotopic (exact) mass is 502 g/mol. The van der Waals surface area contributed by atoms with Gasteiger partial charge in [0.05, 0.1) is 11.9 Å². The Kier molecular flexibility index (Phi) is 7.44. The average Bonchev–Trinajstić information content (AvgIpc) is 3.36. The van der Waals surface area contributed by atoms with E-state index in [4.69, 9.17) is 4.74 Å². The molecule has 1 unspecified atom stereocenters. The highest BCUT2D eigenvalue weighted by Gasteiger charge is 2.29. The number of aromatic nitrogens is 2. The third-order valence-corrected chi connectivity index (χ3v) is 7.52. The number of anilines is 1. The molecule has 36 heavy (non-hydrogen) atoms. The van der Waals surface area contributed by atoms with Crippen LogP contribution in [0.15, 0.2) is 72.4 Å². The molecule has 4 aromatic rings. The van der Waals surface area contributed by atoms with Crippen LogP contribution in [0.5, 0.6) is 5.75 Å². The molecule has 0 saturated carbocycles. The Morgan fingerprint density at radius 2 is 1.81 bits per heavy atom. The van der Waals surface area contributed by atoms with E-state index in [-0.39, 0.29) is 25.1 Å². The summed E-state index contributed by atoms with van der Waals surface area (Å²) in [7, 11) is 0. The van der Waals surface area contributed by atoms with Crippen molar-refractivity contribution < 1.29 is 14.6 Å². The molecule has 1 saturated heterocycles. The van der Waals surface area contributed by atoms with Crippen LogP contribution in [-0.4, -0.2) is 64.3 Å². The Labute approximate surface area is 215 Å². The molecule has 0 aliphatic carbocycles. The van der Waals surface area contributed by atoms with Crippen molar-refractivity contribution in [2.24, 2.45) is 0 Å². The predicted molar refractivity (Wildman–Crippen MR) is 143 cm³/mol. The van der Waals surface area contributed by atoms with Gasteiger partial charge in [-0.3, -0.25) is 4.79 Å². The van der Waals surface area contributed by atoms with Gasteiger partial charge in [-0.25, -0.2) is 9.97 Å². The highest BCUT2D eigenvalue weighted by atomic mass is 32.1. The Balaban J connectivity index is 1.26. The van der Waals surface area contributed by atoms with Crippen LogP contribution in [0.2, 0.25) is 0 Å². The third-order valence-electron chi connectivity index (χ3n) is 6.64. The quantitative estimate of drug-likeness (QED) is 0.379. The molecule has 1 N–H and O–H groups in total. The van der Waals surface area contributed by atoms with Crippen molar-refractivity contribution in [1.29, 1.82) is 0 Å². The van der Waals surface area contributed by atoms with Gasteiger partial charge in [0, 0.05) is 37.0 Å².